The Kier molecular flexibility index (Phi) is 7.55. The lowest BCUT2D eigenvalue weighted by Crippen LogP contribution is -2.33. The first-order valence-electron chi connectivity index (χ1n) is 12.6. The fraction of sp³-hybridized carbons (Fsp3) is 0.464. The van der Waals surface area contributed by atoms with Crippen molar-refractivity contribution in [3.05, 3.63) is 59.4 Å². The Labute approximate surface area is 208 Å². The molecule has 1 fully saturated rings. The van der Waals surface area contributed by atoms with E-state index >= 15 is 0 Å². The number of carbonyl (C=O) groups is 2. The maximum absolute atomic E-state index is 13.8. The van der Waals surface area contributed by atoms with Crippen molar-refractivity contribution in [3.8, 4) is 0 Å². The Balaban J connectivity index is 1.72. The minimum Gasteiger partial charge on any atom is -0.341 e. The molecule has 2 heterocycles. The number of imidazole rings is 1. The Hall–Kier alpha value is -3.19. The molecular weight excluding hydrogens is 438 g/mol. The minimum absolute atomic E-state index is 0.0418. The normalized spacial score (nSPS) is 16.2. The van der Waals surface area contributed by atoms with E-state index in [2.05, 4.69) is 33.8 Å². The molecule has 1 aliphatic rings. The molecule has 7 heteroatoms. The molecule has 0 aliphatic carbocycles. The summed E-state index contributed by atoms with van der Waals surface area (Å²) in [6.45, 7) is 12.4. The number of rotatable bonds is 8. The summed E-state index contributed by atoms with van der Waals surface area (Å²) in [5.41, 5.74) is 3.85. The number of likely N-dealkylation sites (tertiary alicyclic amines) is 1. The van der Waals surface area contributed by atoms with Gasteiger partial charge in [0.2, 0.25) is 5.91 Å². The highest BCUT2D eigenvalue weighted by Crippen LogP contribution is 2.28. The summed E-state index contributed by atoms with van der Waals surface area (Å²) in [4.78, 5) is 35.3. The number of aryl methyl sites for hydroxylation is 1. The molecule has 1 aliphatic heterocycles. The average molecular weight is 476 g/mol. The molecule has 0 bridgehead atoms. The lowest BCUT2D eigenvalue weighted by Gasteiger charge is -2.23. The van der Waals surface area contributed by atoms with Gasteiger partial charge in [0, 0.05) is 38.3 Å². The first-order chi connectivity index (χ1) is 16.8. The zero-order valence-electron chi connectivity index (χ0n) is 21.5. The smallest absolute Gasteiger partial charge is 0.255 e. The maximum Gasteiger partial charge on any atom is 0.255 e. The van der Waals surface area contributed by atoms with Crippen LogP contribution in [0, 0.1) is 18.8 Å². The molecule has 2 amide bonds. The van der Waals surface area contributed by atoms with Crippen molar-refractivity contribution in [1.29, 1.82) is 0 Å². The number of nitrogens with zero attached hydrogens (tertiary/aromatic N) is 4. The zero-order chi connectivity index (χ0) is 25.1. The number of hydrogen-bond acceptors (Lipinski definition) is 4. The standard InChI is InChI=1S/C28H37N5O2/c1-6-32-13-12-22(17-32)16-31(5)28(35)24-14-23(30-27(34)19(2)3)15-25-26(24)33(20(4)29-25)18-21-10-8-7-9-11-21/h7-11,14-15,19,22H,6,12-13,16-18H2,1-5H3,(H,30,34)/t22-/m0/s1. The second-order valence-electron chi connectivity index (χ2n) is 10.00. The molecule has 3 aromatic rings. The van der Waals surface area contributed by atoms with Gasteiger partial charge in [0.25, 0.3) is 5.91 Å². The van der Waals surface area contributed by atoms with E-state index in [9.17, 15) is 9.59 Å². The summed E-state index contributed by atoms with van der Waals surface area (Å²) in [7, 11) is 1.88. The van der Waals surface area contributed by atoms with Crippen molar-refractivity contribution < 1.29 is 9.59 Å². The second-order valence-corrected chi connectivity index (χ2v) is 10.00. The fourth-order valence-electron chi connectivity index (χ4n) is 4.89. The summed E-state index contributed by atoms with van der Waals surface area (Å²) >= 11 is 0. The predicted molar refractivity (Wildman–Crippen MR) is 141 cm³/mol. The number of hydrogen-bond donors (Lipinski definition) is 1. The first kappa shape index (κ1) is 24.9. The molecule has 0 unspecified atom stereocenters. The van der Waals surface area contributed by atoms with Crippen LogP contribution < -0.4 is 5.32 Å². The lowest BCUT2D eigenvalue weighted by molar-refractivity contribution is -0.118. The van der Waals surface area contributed by atoms with Crippen LogP contribution in [-0.2, 0) is 11.3 Å². The van der Waals surface area contributed by atoms with E-state index in [-0.39, 0.29) is 17.7 Å². The van der Waals surface area contributed by atoms with Crippen molar-refractivity contribution in [2.45, 2.75) is 40.7 Å². The Morgan fingerprint density at radius 3 is 2.60 bits per heavy atom. The molecule has 1 atom stereocenters. The fourth-order valence-corrected chi connectivity index (χ4v) is 4.89. The molecule has 7 nitrogen and oxygen atoms in total. The Morgan fingerprint density at radius 1 is 1.20 bits per heavy atom. The van der Waals surface area contributed by atoms with Gasteiger partial charge in [-0.3, -0.25) is 9.59 Å². The molecule has 1 aromatic heterocycles. The van der Waals surface area contributed by atoms with Gasteiger partial charge in [0.1, 0.15) is 5.82 Å². The summed E-state index contributed by atoms with van der Waals surface area (Å²) in [5, 5.41) is 2.97. The van der Waals surface area contributed by atoms with Crippen LogP contribution in [0.1, 0.15) is 48.9 Å². The number of fused-ring (bicyclic) bond motifs is 1. The SMILES string of the molecule is CCN1CC[C@@H](CN(C)C(=O)c2cc(NC(=O)C(C)C)cc3nc(C)n(Cc4ccccc4)c23)C1. The van der Waals surface area contributed by atoms with E-state index in [1.807, 2.05) is 63.1 Å². The predicted octanol–water partition coefficient (Wildman–Crippen LogP) is 4.40. The van der Waals surface area contributed by atoms with Gasteiger partial charge >= 0.3 is 0 Å². The van der Waals surface area contributed by atoms with E-state index in [1.165, 1.54) is 0 Å². The summed E-state index contributed by atoms with van der Waals surface area (Å²) in [6.07, 6.45) is 1.11. The van der Waals surface area contributed by atoms with Crippen LogP contribution >= 0.6 is 0 Å². The van der Waals surface area contributed by atoms with Crippen molar-refractivity contribution in [2.75, 3.05) is 38.5 Å². The monoisotopic (exact) mass is 475 g/mol. The third-order valence-electron chi connectivity index (χ3n) is 6.93. The molecule has 0 radical (unpaired) electrons. The van der Waals surface area contributed by atoms with Gasteiger partial charge in [-0.25, -0.2) is 4.98 Å². The highest BCUT2D eigenvalue weighted by molar-refractivity contribution is 6.07. The molecule has 4 rings (SSSR count). The van der Waals surface area contributed by atoms with E-state index in [0.29, 0.717) is 30.3 Å². The van der Waals surface area contributed by atoms with Gasteiger partial charge in [-0.05, 0) is 50.0 Å². The molecule has 35 heavy (non-hydrogen) atoms. The van der Waals surface area contributed by atoms with Crippen LogP contribution in [-0.4, -0.2) is 64.4 Å². The average Bonchev–Trinajstić information content (AvgIpc) is 3.42. The number of carbonyl (C=O) groups excluding carboxylic acids is 2. The molecule has 0 saturated carbocycles. The van der Waals surface area contributed by atoms with Gasteiger partial charge < -0.3 is 19.7 Å². The molecule has 2 aromatic carbocycles. The summed E-state index contributed by atoms with van der Waals surface area (Å²) in [6, 6.07) is 13.9. The van der Waals surface area contributed by atoms with Crippen LogP contribution in [0.25, 0.3) is 11.0 Å². The van der Waals surface area contributed by atoms with Gasteiger partial charge in [-0.2, -0.15) is 0 Å². The minimum atomic E-state index is -0.159. The molecule has 186 valence electrons. The number of anilines is 1. The first-order valence-corrected chi connectivity index (χ1v) is 12.6. The summed E-state index contributed by atoms with van der Waals surface area (Å²) < 4.78 is 2.11. The quantitative estimate of drug-likeness (QED) is 0.524. The van der Waals surface area contributed by atoms with Gasteiger partial charge in [0.05, 0.1) is 16.6 Å². The van der Waals surface area contributed by atoms with E-state index in [0.717, 1.165) is 48.5 Å². The number of nitrogens with one attached hydrogen (secondary N) is 1. The van der Waals surface area contributed by atoms with Crippen LogP contribution in [0.4, 0.5) is 5.69 Å². The molecular formula is C28H37N5O2. The topological polar surface area (TPSA) is 70.5 Å². The van der Waals surface area contributed by atoms with Crippen LogP contribution in [0.3, 0.4) is 0 Å². The third-order valence-corrected chi connectivity index (χ3v) is 6.93. The Morgan fingerprint density at radius 2 is 1.94 bits per heavy atom. The Bertz CT molecular complexity index is 1200. The summed E-state index contributed by atoms with van der Waals surface area (Å²) in [5.74, 6) is 1.03. The molecule has 0 spiro atoms. The van der Waals surface area contributed by atoms with E-state index in [1.54, 1.807) is 0 Å². The number of benzene rings is 2. The van der Waals surface area contributed by atoms with Crippen molar-refractivity contribution >= 4 is 28.5 Å². The van der Waals surface area contributed by atoms with Gasteiger partial charge in [-0.1, -0.05) is 51.1 Å². The van der Waals surface area contributed by atoms with Crippen molar-refractivity contribution in [1.82, 2.24) is 19.4 Å². The highest BCUT2D eigenvalue weighted by Gasteiger charge is 2.27. The largest absolute Gasteiger partial charge is 0.341 e. The van der Waals surface area contributed by atoms with Crippen LogP contribution in [0.5, 0.6) is 0 Å². The van der Waals surface area contributed by atoms with Crippen molar-refractivity contribution in [3.63, 3.8) is 0 Å². The number of amides is 2. The van der Waals surface area contributed by atoms with E-state index in [4.69, 9.17) is 4.98 Å². The van der Waals surface area contributed by atoms with Crippen LogP contribution in [0.15, 0.2) is 42.5 Å². The molecule has 1 saturated heterocycles. The lowest BCUT2D eigenvalue weighted by atomic mass is 10.1. The second kappa shape index (κ2) is 10.6. The van der Waals surface area contributed by atoms with Crippen LogP contribution in [0.2, 0.25) is 0 Å². The van der Waals surface area contributed by atoms with E-state index < -0.39 is 0 Å². The third kappa shape index (κ3) is 5.56. The van der Waals surface area contributed by atoms with Crippen molar-refractivity contribution in [2.24, 2.45) is 11.8 Å². The van der Waals surface area contributed by atoms with Gasteiger partial charge in [0.15, 0.2) is 0 Å². The number of aromatic nitrogens is 2. The maximum atomic E-state index is 13.8. The highest BCUT2D eigenvalue weighted by atomic mass is 16.2. The molecule has 1 N–H and O–H groups in total. The van der Waals surface area contributed by atoms with Gasteiger partial charge in [-0.15, -0.1) is 0 Å². The zero-order valence-corrected chi connectivity index (χ0v) is 21.5.